The van der Waals surface area contributed by atoms with Gasteiger partial charge in [-0.05, 0) is 13.8 Å². The quantitative estimate of drug-likeness (QED) is 0.760. The first-order chi connectivity index (χ1) is 8.15. The van der Waals surface area contributed by atoms with Crippen LogP contribution in [0.15, 0.2) is 0 Å². The van der Waals surface area contributed by atoms with Crippen molar-refractivity contribution in [3.63, 3.8) is 0 Å². The average molecular weight is 262 g/mol. The highest BCUT2D eigenvalue weighted by Crippen LogP contribution is 2.38. The third-order valence-electron chi connectivity index (χ3n) is 3.62. The minimum absolute atomic E-state index is 0.0497. The van der Waals surface area contributed by atoms with Gasteiger partial charge in [-0.15, -0.1) is 0 Å². The highest BCUT2D eigenvalue weighted by Gasteiger charge is 2.59. The number of nitrogens with zero attached hydrogens (tertiary/aromatic N) is 1. The maximum atomic E-state index is 13.5. The number of hydrogen-bond donors (Lipinski definition) is 2. The molecule has 2 aliphatic rings. The molecule has 0 aliphatic carbocycles. The lowest BCUT2D eigenvalue weighted by Gasteiger charge is -2.27. The number of carboxylic acids is 1. The van der Waals surface area contributed by atoms with Gasteiger partial charge in [-0.3, -0.25) is 9.59 Å². The molecule has 2 saturated heterocycles. The second-order valence-corrected chi connectivity index (χ2v) is 5.63. The summed E-state index contributed by atoms with van der Waals surface area (Å²) in [6, 6.07) is -0.572. The zero-order valence-electron chi connectivity index (χ0n) is 10.2. The van der Waals surface area contributed by atoms with Crippen LogP contribution in [0.3, 0.4) is 0 Å². The van der Waals surface area contributed by atoms with Crippen molar-refractivity contribution in [3.8, 4) is 0 Å². The number of nitrogens with one attached hydrogen (secondary N) is 1. The average Bonchev–Trinajstić information content (AvgIpc) is 2.67. The van der Waals surface area contributed by atoms with E-state index in [4.69, 9.17) is 5.11 Å². The Morgan fingerprint density at radius 1 is 1.61 bits per heavy atom. The summed E-state index contributed by atoms with van der Waals surface area (Å²) < 4.78 is 27.0. The van der Waals surface area contributed by atoms with Crippen molar-refractivity contribution < 1.29 is 23.5 Å². The number of hydrogen-bond acceptors (Lipinski definition) is 3. The second-order valence-electron chi connectivity index (χ2n) is 5.63. The Morgan fingerprint density at radius 2 is 2.22 bits per heavy atom. The molecule has 7 heteroatoms. The summed E-state index contributed by atoms with van der Waals surface area (Å²) in [4.78, 5) is 24.1. The van der Waals surface area contributed by atoms with Crippen LogP contribution in [0.1, 0.15) is 13.8 Å². The normalized spacial score (nSPS) is 30.7. The Morgan fingerprint density at radius 3 is 2.72 bits per heavy atom. The van der Waals surface area contributed by atoms with Gasteiger partial charge in [0.05, 0.1) is 12.0 Å². The molecule has 2 fully saturated rings. The number of aliphatic carboxylic acids is 1. The molecule has 18 heavy (non-hydrogen) atoms. The van der Waals surface area contributed by atoms with Crippen molar-refractivity contribution in [1.29, 1.82) is 0 Å². The molecule has 2 atom stereocenters. The third kappa shape index (κ3) is 1.96. The Bertz CT molecular complexity index is 398. The van der Waals surface area contributed by atoms with Crippen molar-refractivity contribution in [2.75, 3.05) is 19.6 Å². The standard InChI is InChI=1S/C11H16F2N2O3/c1-10(2,9(17)18)5-15-3-6-7(8(15)16)11(12,13)4-14-6/h6-7,14H,3-5H2,1-2H3,(H,17,18). The van der Waals surface area contributed by atoms with E-state index in [1.54, 1.807) is 0 Å². The molecule has 2 unspecified atom stereocenters. The number of amides is 1. The molecule has 0 bridgehead atoms. The number of likely N-dealkylation sites (tertiary alicyclic amines) is 1. The van der Waals surface area contributed by atoms with Crippen LogP contribution in [0.25, 0.3) is 0 Å². The largest absolute Gasteiger partial charge is 0.481 e. The van der Waals surface area contributed by atoms with Gasteiger partial charge in [0.15, 0.2) is 0 Å². The SMILES string of the molecule is CC(C)(CN1CC2NCC(F)(F)C2C1=O)C(=O)O. The lowest BCUT2D eigenvalue weighted by Crippen LogP contribution is -2.43. The number of carbonyl (C=O) groups excluding carboxylic acids is 1. The second kappa shape index (κ2) is 3.88. The Kier molecular flexibility index (Phi) is 2.84. The van der Waals surface area contributed by atoms with E-state index in [2.05, 4.69) is 5.32 Å². The number of carboxylic acid groups (broad SMARTS) is 1. The summed E-state index contributed by atoms with van der Waals surface area (Å²) in [5.41, 5.74) is -1.14. The van der Waals surface area contributed by atoms with Crippen molar-refractivity contribution in [2.45, 2.75) is 25.8 Å². The number of halogens is 2. The van der Waals surface area contributed by atoms with Gasteiger partial charge in [-0.2, -0.15) is 0 Å². The first kappa shape index (κ1) is 13.2. The van der Waals surface area contributed by atoms with E-state index in [-0.39, 0.29) is 13.1 Å². The fourth-order valence-electron chi connectivity index (χ4n) is 2.52. The van der Waals surface area contributed by atoms with E-state index in [1.807, 2.05) is 0 Å². The Balaban J connectivity index is 2.12. The van der Waals surface area contributed by atoms with E-state index in [9.17, 15) is 18.4 Å². The maximum Gasteiger partial charge on any atom is 0.310 e. The highest BCUT2D eigenvalue weighted by atomic mass is 19.3. The van der Waals surface area contributed by atoms with Crippen molar-refractivity contribution >= 4 is 11.9 Å². The van der Waals surface area contributed by atoms with Crippen LogP contribution in [0.4, 0.5) is 8.78 Å². The third-order valence-corrected chi connectivity index (χ3v) is 3.62. The molecule has 0 aromatic rings. The predicted octanol–water partition coefficient (Wildman–Crippen LogP) is 0.163. The molecule has 0 aromatic carbocycles. The molecule has 0 aromatic heterocycles. The van der Waals surface area contributed by atoms with Gasteiger partial charge in [0.25, 0.3) is 5.92 Å². The lowest BCUT2D eigenvalue weighted by molar-refractivity contribution is -0.150. The Hall–Kier alpha value is -1.24. The van der Waals surface area contributed by atoms with E-state index in [0.717, 1.165) is 0 Å². The number of rotatable bonds is 3. The molecule has 2 N–H and O–H groups in total. The molecular weight excluding hydrogens is 246 g/mol. The first-order valence-corrected chi connectivity index (χ1v) is 5.78. The molecule has 0 radical (unpaired) electrons. The molecule has 0 spiro atoms. The molecule has 5 nitrogen and oxygen atoms in total. The first-order valence-electron chi connectivity index (χ1n) is 5.78. The van der Waals surface area contributed by atoms with Gasteiger partial charge in [-0.1, -0.05) is 0 Å². The molecule has 1 amide bonds. The molecular formula is C11H16F2N2O3. The fraction of sp³-hybridized carbons (Fsp3) is 0.818. The van der Waals surface area contributed by atoms with Crippen LogP contribution in [0, 0.1) is 11.3 Å². The van der Waals surface area contributed by atoms with E-state index in [0.29, 0.717) is 0 Å². The summed E-state index contributed by atoms with van der Waals surface area (Å²) >= 11 is 0. The summed E-state index contributed by atoms with van der Waals surface area (Å²) in [5, 5.41) is 11.6. The molecule has 0 saturated carbocycles. The van der Waals surface area contributed by atoms with Gasteiger partial charge < -0.3 is 15.3 Å². The van der Waals surface area contributed by atoms with Crippen LogP contribution >= 0.6 is 0 Å². The highest BCUT2D eigenvalue weighted by molar-refractivity contribution is 5.84. The van der Waals surface area contributed by atoms with Gasteiger partial charge >= 0.3 is 5.97 Å². The summed E-state index contributed by atoms with van der Waals surface area (Å²) in [5.74, 6) is -6.08. The zero-order chi connectivity index (χ0) is 13.7. The van der Waals surface area contributed by atoms with E-state index in [1.165, 1.54) is 18.7 Å². The number of alkyl halides is 2. The van der Waals surface area contributed by atoms with Crippen LogP contribution in [0.5, 0.6) is 0 Å². The van der Waals surface area contributed by atoms with Crippen LogP contribution in [-0.2, 0) is 9.59 Å². The molecule has 2 heterocycles. The predicted molar refractivity (Wildman–Crippen MR) is 58.2 cm³/mol. The molecule has 2 aliphatic heterocycles. The summed E-state index contributed by atoms with van der Waals surface area (Å²) in [6.45, 7) is 2.57. The van der Waals surface area contributed by atoms with Crippen molar-refractivity contribution in [1.82, 2.24) is 10.2 Å². The maximum absolute atomic E-state index is 13.5. The Labute approximate surface area is 103 Å². The fourth-order valence-corrected chi connectivity index (χ4v) is 2.52. The van der Waals surface area contributed by atoms with Gasteiger partial charge in [0, 0.05) is 19.1 Å². The summed E-state index contributed by atoms with van der Waals surface area (Å²) in [7, 11) is 0. The molecule has 2 rings (SSSR count). The van der Waals surface area contributed by atoms with Gasteiger partial charge in [0.2, 0.25) is 5.91 Å². The number of fused-ring (bicyclic) bond motifs is 1. The van der Waals surface area contributed by atoms with Crippen LogP contribution in [-0.4, -0.2) is 53.5 Å². The minimum Gasteiger partial charge on any atom is -0.481 e. The van der Waals surface area contributed by atoms with E-state index < -0.39 is 41.7 Å². The van der Waals surface area contributed by atoms with Crippen LogP contribution in [0.2, 0.25) is 0 Å². The van der Waals surface area contributed by atoms with Crippen LogP contribution < -0.4 is 5.32 Å². The summed E-state index contributed by atoms with van der Waals surface area (Å²) in [6.07, 6.45) is 0. The topological polar surface area (TPSA) is 69.6 Å². The van der Waals surface area contributed by atoms with E-state index >= 15 is 0 Å². The minimum atomic E-state index is -3.04. The van der Waals surface area contributed by atoms with Gasteiger partial charge in [-0.25, -0.2) is 8.78 Å². The number of carbonyl (C=O) groups is 2. The lowest BCUT2D eigenvalue weighted by atomic mass is 9.93. The molecule has 102 valence electrons. The smallest absolute Gasteiger partial charge is 0.310 e. The van der Waals surface area contributed by atoms with Crippen molar-refractivity contribution in [2.24, 2.45) is 11.3 Å². The monoisotopic (exact) mass is 262 g/mol. The van der Waals surface area contributed by atoms with Gasteiger partial charge in [0.1, 0.15) is 5.92 Å². The van der Waals surface area contributed by atoms with Crippen molar-refractivity contribution in [3.05, 3.63) is 0 Å². The zero-order valence-corrected chi connectivity index (χ0v) is 10.2.